The maximum atomic E-state index is 2.51. The van der Waals surface area contributed by atoms with E-state index in [-0.39, 0.29) is 0 Å². The van der Waals surface area contributed by atoms with Crippen LogP contribution in [0.2, 0.25) is 19.3 Å². The predicted octanol–water partition coefficient (Wildman–Crippen LogP) is 1.63. The Morgan fingerprint density at radius 1 is 1.50 bits per heavy atom. The standard InChI is InChI=1S/C3H7B2I/c1-4-2-5(6)3-4/h2-3H2,1H3. The predicted molar refractivity (Wildman–Crippen MR) is 41.0 cm³/mol. The van der Waals surface area contributed by atoms with Gasteiger partial charge in [-0.15, -0.1) is 0 Å². The largest absolute Gasteiger partial charge is 0.203 e. The van der Waals surface area contributed by atoms with Gasteiger partial charge in [0.25, 0.3) is 0 Å². The Balaban J connectivity index is 2.11. The molecule has 0 aromatic carbocycles. The molecule has 0 N–H and O–H groups in total. The van der Waals surface area contributed by atoms with E-state index in [4.69, 9.17) is 0 Å². The second-order valence-corrected chi connectivity index (χ2v) is 3.94. The molecule has 0 radical (unpaired) electrons. The van der Waals surface area contributed by atoms with E-state index in [1.807, 2.05) is 0 Å². The molecule has 1 fully saturated rings. The molecule has 0 unspecified atom stereocenters. The lowest BCUT2D eigenvalue weighted by molar-refractivity contribution is 1.59. The van der Waals surface area contributed by atoms with Gasteiger partial charge in [0.05, 0.1) is 0 Å². The topological polar surface area (TPSA) is 0 Å². The van der Waals surface area contributed by atoms with Crippen molar-refractivity contribution in [2.75, 3.05) is 0 Å². The highest BCUT2D eigenvalue weighted by Crippen LogP contribution is 2.23. The quantitative estimate of drug-likeness (QED) is 0.403. The molecule has 0 aromatic rings. The highest BCUT2D eigenvalue weighted by Gasteiger charge is 2.28. The first-order valence-electron chi connectivity index (χ1n) is 2.43. The lowest BCUT2D eigenvalue weighted by Crippen LogP contribution is -2.31. The molecule has 0 aromatic heterocycles. The zero-order valence-electron chi connectivity index (χ0n) is 3.95. The minimum Gasteiger partial charge on any atom is -0.151 e. The van der Waals surface area contributed by atoms with Gasteiger partial charge in [-0.2, -0.15) is 22.4 Å². The Bertz CT molecular complexity index is 44.8. The van der Waals surface area contributed by atoms with Gasteiger partial charge in [-0.3, -0.25) is 0 Å². The van der Waals surface area contributed by atoms with Gasteiger partial charge < -0.3 is 0 Å². The normalized spacial score (nSPS) is 21.0. The minimum absolute atomic E-state index is 1.01. The molecule has 3 heteroatoms. The average molecular weight is 192 g/mol. The third-order valence-corrected chi connectivity index (χ3v) is 2.33. The van der Waals surface area contributed by atoms with E-state index in [1.54, 1.807) is 0 Å². The summed E-state index contributed by atoms with van der Waals surface area (Å²) in [7, 11) is 0. The van der Waals surface area contributed by atoms with Crippen molar-refractivity contribution < 1.29 is 0 Å². The molecule has 0 amide bonds. The van der Waals surface area contributed by atoms with E-state index >= 15 is 0 Å². The third-order valence-electron chi connectivity index (χ3n) is 1.32. The van der Waals surface area contributed by atoms with E-state index < -0.39 is 0 Å². The van der Waals surface area contributed by atoms with Crippen molar-refractivity contribution in [1.82, 2.24) is 0 Å². The molecule has 6 heavy (non-hydrogen) atoms. The highest BCUT2D eigenvalue weighted by molar-refractivity contribution is 14.1. The van der Waals surface area contributed by atoms with Gasteiger partial charge in [0, 0.05) is 0 Å². The van der Waals surface area contributed by atoms with E-state index in [0.29, 0.717) is 0 Å². The second-order valence-electron chi connectivity index (χ2n) is 2.17. The van der Waals surface area contributed by atoms with Gasteiger partial charge in [-0.25, -0.2) is 0 Å². The Labute approximate surface area is 53.1 Å². The Kier molecular flexibility index (Phi) is 1.47. The summed E-state index contributed by atoms with van der Waals surface area (Å²) in [6, 6.07) is 0. The number of halogens is 1. The van der Waals surface area contributed by atoms with Crippen molar-refractivity contribution in [1.29, 1.82) is 0 Å². The van der Waals surface area contributed by atoms with Crippen molar-refractivity contribution in [3.8, 4) is 0 Å². The minimum atomic E-state index is 1.01. The van der Waals surface area contributed by atoms with Gasteiger partial charge in [-0.1, -0.05) is 19.3 Å². The molecular formula is C3H7B2I. The van der Waals surface area contributed by atoms with Crippen LogP contribution in [0.1, 0.15) is 0 Å². The summed E-state index contributed by atoms with van der Waals surface area (Å²) in [6.45, 7) is 3.35. The van der Waals surface area contributed by atoms with E-state index in [9.17, 15) is 0 Å². The summed E-state index contributed by atoms with van der Waals surface area (Å²) in [4.78, 5) is 0. The molecule has 0 spiro atoms. The molecule has 32 valence electrons. The summed E-state index contributed by atoms with van der Waals surface area (Å²) in [5, 5.41) is 0. The Hall–Kier alpha value is 0.860. The molecule has 1 heterocycles. The van der Waals surface area contributed by atoms with E-state index in [1.165, 1.54) is 12.4 Å². The van der Waals surface area contributed by atoms with Gasteiger partial charge in [0.15, 0.2) is 0 Å². The number of rotatable bonds is 0. The molecule has 0 nitrogen and oxygen atoms in total. The maximum Gasteiger partial charge on any atom is 0.203 e. The first kappa shape index (κ1) is 5.01. The summed E-state index contributed by atoms with van der Waals surface area (Å²) < 4.78 is 1.01. The molecule has 0 aliphatic carbocycles. The SMILES string of the molecule is CB1CB(I)C1. The molecule has 0 bridgehead atoms. The van der Waals surface area contributed by atoms with Gasteiger partial charge in [-0.05, 0) is 0 Å². The van der Waals surface area contributed by atoms with Gasteiger partial charge in [0.1, 0.15) is 6.71 Å². The van der Waals surface area contributed by atoms with Crippen LogP contribution >= 0.6 is 22.4 Å². The molecule has 0 atom stereocenters. The molecular weight excluding hydrogens is 185 g/mol. The van der Waals surface area contributed by atoms with Crippen LogP contribution in [0.25, 0.3) is 0 Å². The third kappa shape index (κ3) is 0.922. The summed E-state index contributed by atoms with van der Waals surface area (Å²) in [5.74, 6) is 0. The number of hydrogen-bond donors (Lipinski definition) is 0. The van der Waals surface area contributed by atoms with E-state index in [0.717, 1.165) is 11.3 Å². The zero-order valence-corrected chi connectivity index (χ0v) is 6.10. The van der Waals surface area contributed by atoms with E-state index in [2.05, 4.69) is 29.2 Å². The fourth-order valence-electron chi connectivity index (χ4n) is 0.804. The van der Waals surface area contributed by atoms with Crippen LogP contribution in [0.3, 0.4) is 0 Å². The first-order valence-corrected chi connectivity index (χ1v) is 3.67. The summed E-state index contributed by atoms with van der Waals surface area (Å²) in [5.41, 5.74) is 0. The number of hydrogen-bond acceptors (Lipinski definition) is 0. The van der Waals surface area contributed by atoms with Crippen LogP contribution in [0.5, 0.6) is 0 Å². The smallest absolute Gasteiger partial charge is 0.151 e. The maximum absolute atomic E-state index is 2.51. The zero-order chi connectivity index (χ0) is 4.57. The second kappa shape index (κ2) is 1.76. The first-order chi connectivity index (χ1) is 2.79. The monoisotopic (exact) mass is 192 g/mol. The molecule has 1 saturated heterocycles. The van der Waals surface area contributed by atoms with Crippen molar-refractivity contribution in [3.05, 3.63) is 0 Å². The van der Waals surface area contributed by atoms with Crippen molar-refractivity contribution in [2.45, 2.75) is 19.3 Å². The van der Waals surface area contributed by atoms with Crippen LogP contribution in [0.15, 0.2) is 0 Å². The van der Waals surface area contributed by atoms with Crippen LogP contribution in [0, 0.1) is 0 Å². The van der Waals surface area contributed by atoms with Crippen molar-refractivity contribution in [3.63, 3.8) is 0 Å². The van der Waals surface area contributed by atoms with Crippen LogP contribution < -0.4 is 0 Å². The van der Waals surface area contributed by atoms with Crippen molar-refractivity contribution in [2.24, 2.45) is 0 Å². The molecule has 0 saturated carbocycles. The fourth-order valence-corrected chi connectivity index (χ4v) is 2.54. The van der Waals surface area contributed by atoms with Gasteiger partial charge >= 0.3 is 0 Å². The summed E-state index contributed by atoms with van der Waals surface area (Å²) >= 11 is 2.51. The van der Waals surface area contributed by atoms with Crippen LogP contribution in [-0.4, -0.2) is 11.3 Å². The van der Waals surface area contributed by atoms with Crippen LogP contribution in [0.4, 0.5) is 0 Å². The van der Waals surface area contributed by atoms with Crippen molar-refractivity contribution >= 4 is 33.7 Å². The lowest BCUT2D eigenvalue weighted by atomic mass is 9.19. The van der Waals surface area contributed by atoms with Gasteiger partial charge in [0.2, 0.25) is 4.57 Å². The summed E-state index contributed by atoms with van der Waals surface area (Å²) in [6.07, 6.45) is 2.92. The molecule has 1 aliphatic rings. The molecule has 1 aliphatic heterocycles. The Morgan fingerprint density at radius 3 is 2.00 bits per heavy atom. The lowest BCUT2D eigenvalue weighted by Gasteiger charge is -2.20. The average Bonchev–Trinajstić information content (AvgIpc) is 1.33. The molecule has 1 rings (SSSR count). The fraction of sp³-hybridized carbons (Fsp3) is 1.00. The Morgan fingerprint density at radius 2 is 2.00 bits per heavy atom. The van der Waals surface area contributed by atoms with Crippen LogP contribution in [-0.2, 0) is 0 Å². The highest BCUT2D eigenvalue weighted by atomic mass is 127.